The summed E-state index contributed by atoms with van der Waals surface area (Å²) in [5, 5.41) is 9.81. The van der Waals surface area contributed by atoms with Crippen molar-refractivity contribution in [3.8, 4) is 17.6 Å². The van der Waals surface area contributed by atoms with Crippen LogP contribution in [0.1, 0.15) is 84.6 Å². The lowest BCUT2D eigenvalue weighted by atomic mass is 10.0. The van der Waals surface area contributed by atoms with Crippen LogP contribution in [0.2, 0.25) is 0 Å². The van der Waals surface area contributed by atoms with Crippen LogP contribution < -0.4 is 4.72 Å². The zero-order valence-electron chi connectivity index (χ0n) is 16.8. The fraction of sp³-hybridized carbons (Fsp3) is 0.636. The fourth-order valence-corrected chi connectivity index (χ4v) is 3.41. The van der Waals surface area contributed by atoms with Crippen molar-refractivity contribution in [2.45, 2.75) is 89.9 Å². The molecule has 1 rings (SSSR count). The fourth-order valence-electron chi connectivity index (χ4n) is 2.55. The van der Waals surface area contributed by atoms with Crippen molar-refractivity contribution in [1.82, 2.24) is 4.72 Å². The molecule has 0 fully saturated rings. The third-order valence-electron chi connectivity index (χ3n) is 4.21. The maximum Gasteiger partial charge on any atom is 0.131 e. The molecule has 26 heavy (non-hydrogen) atoms. The van der Waals surface area contributed by atoms with Gasteiger partial charge in [-0.25, -0.2) is 8.93 Å². The lowest BCUT2D eigenvalue weighted by molar-refractivity contribution is 0.473. The molecule has 1 unspecified atom stereocenters. The van der Waals surface area contributed by atoms with Gasteiger partial charge in [0, 0.05) is 12.5 Å². The molecule has 0 radical (unpaired) electrons. The summed E-state index contributed by atoms with van der Waals surface area (Å²) >= 11 is 0. The van der Waals surface area contributed by atoms with Crippen LogP contribution in [0.5, 0.6) is 5.75 Å². The van der Waals surface area contributed by atoms with Crippen LogP contribution in [-0.4, -0.2) is 20.1 Å². The summed E-state index contributed by atoms with van der Waals surface area (Å²) in [5.74, 6) is 6.40. The van der Waals surface area contributed by atoms with E-state index in [2.05, 4.69) is 23.5 Å². The Morgan fingerprint density at radius 1 is 1.12 bits per heavy atom. The zero-order chi connectivity index (χ0) is 19.4. The molecule has 1 aromatic rings. The molecule has 0 heterocycles. The first-order chi connectivity index (χ1) is 12.3. The number of phenolic OH excluding ortho intramolecular Hbond substituents is 1. The average Bonchev–Trinajstić information content (AvgIpc) is 2.58. The third kappa shape index (κ3) is 9.40. The Kier molecular flexibility index (Phi) is 10.6. The van der Waals surface area contributed by atoms with Gasteiger partial charge in [0.05, 0.1) is 21.3 Å². The number of benzene rings is 1. The summed E-state index contributed by atoms with van der Waals surface area (Å²) in [7, 11) is -1.10. The minimum absolute atomic E-state index is 0.111. The van der Waals surface area contributed by atoms with E-state index in [1.165, 1.54) is 32.1 Å². The summed E-state index contributed by atoms with van der Waals surface area (Å²) in [6, 6.07) is 7.22. The molecule has 0 spiro atoms. The lowest BCUT2D eigenvalue weighted by Crippen LogP contribution is -2.39. The maximum atomic E-state index is 12.4. The lowest BCUT2D eigenvalue weighted by Gasteiger charge is -2.23. The predicted molar refractivity (Wildman–Crippen MR) is 112 cm³/mol. The van der Waals surface area contributed by atoms with E-state index in [1.54, 1.807) is 12.1 Å². The standard InChI is InChI=1S/C22H35NO2S/c1-5-6-7-8-9-10-16-20(23-26(25)22(2,3)4)17-13-15-19-14-11-12-18-21(19)24/h11-12,14,18,20,23-24H,5-10,16-17H2,1-4H3/t20-,26?/m1/s1. The molecule has 2 N–H and O–H groups in total. The van der Waals surface area contributed by atoms with Crippen LogP contribution in [0, 0.1) is 11.8 Å². The topological polar surface area (TPSA) is 49.3 Å². The van der Waals surface area contributed by atoms with Gasteiger partial charge in [-0.3, -0.25) is 0 Å². The molecule has 0 bridgehead atoms. The number of rotatable bonds is 10. The molecule has 0 amide bonds. The Hall–Kier alpha value is -1.31. The first-order valence-electron chi connectivity index (χ1n) is 9.79. The Balaban J connectivity index is 2.60. The van der Waals surface area contributed by atoms with E-state index in [9.17, 15) is 9.32 Å². The second-order valence-corrected chi connectivity index (χ2v) is 9.77. The van der Waals surface area contributed by atoms with E-state index < -0.39 is 11.0 Å². The second kappa shape index (κ2) is 12.1. The van der Waals surface area contributed by atoms with Crippen LogP contribution in [0.3, 0.4) is 0 Å². The summed E-state index contributed by atoms with van der Waals surface area (Å²) < 4.78 is 15.4. The number of para-hydroxylation sites is 1. The molecule has 1 aromatic carbocycles. The molecule has 0 aliphatic heterocycles. The highest BCUT2D eigenvalue weighted by Crippen LogP contribution is 2.16. The Labute approximate surface area is 162 Å². The van der Waals surface area contributed by atoms with E-state index in [0.29, 0.717) is 12.0 Å². The predicted octanol–water partition coefficient (Wildman–Crippen LogP) is 5.30. The van der Waals surface area contributed by atoms with Gasteiger partial charge in [-0.2, -0.15) is 0 Å². The minimum atomic E-state index is -1.10. The van der Waals surface area contributed by atoms with Gasteiger partial charge in [-0.15, -0.1) is 0 Å². The molecular formula is C22H35NO2S. The highest BCUT2D eigenvalue weighted by atomic mass is 32.2. The van der Waals surface area contributed by atoms with Crippen molar-refractivity contribution in [3.63, 3.8) is 0 Å². The average molecular weight is 378 g/mol. The summed E-state index contributed by atoms with van der Waals surface area (Å²) in [5.41, 5.74) is 0.641. The van der Waals surface area contributed by atoms with Crippen LogP contribution in [0.25, 0.3) is 0 Å². The van der Waals surface area contributed by atoms with Crippen LogP contribution >= 0.6 is 0 Å². The molecule has 0 aliphatic carbocycles. The van der Waals surface area contributed by atoms with Crippen molar-refractivity contribution in [2.75, 3.05) is 0 Å². The van der Waals surface area contributed by atoms with Gasteiger partial charge in [0.15, 0.2) is 0 Å². The van der Waals surface area contributed by atoms with E-state index in [-0.39, 0.29) is 16.5 Å². The van der Waals surface area contributed by atoms with E-state index in [0.717, 1.165) is 12.8 Å². The molecule has 0 saturated heterocycles. The molecule has 0 aromatic heterocycles. The first kappa shape index (κ1) is 22.7. The Morgan fingerprint density at radius 2 is 1.77 bits per heavy atom. The van der Waals surface area contributed by atoms with Gasteiger partial charge in [-0.05, 0) is 39.3 Å². The van der Waals surface area contributed by atoms with Crippen molar-refractivity contribution in [2.24, 2.45) is 0 Å². The Morgan fingerprint density at radius 3 is 2.42 bits per heavy atom. The molecule has 4 heteroatoms. The van der Waals surface area contributed by atoms with Gasteiger partial charge in [-0.1, -0.05) is 69.4 Å². The normalized spacial score (nSPS) is 13.7. The zero-order valence-corrected chi connectivity index (χ0v) is 17.6. The van der Waals surface area contributed by atoms with Gasteiger partial charge in [0.2, 0.25) is 0 Å². The highest BCUT2D eigenvalue weighted by Gasteiger charge is 2.22. The SMILES string of the molecule is CCCCCCCC[C@H](CC#Cc1ccccc1O)NS(=O)C(C)(C)C. The molecule has 2 atom stereocenters. The quantitative estimate of drug-likeness (QED) is 0.429. The van der Waals surface area contributed by atoms with E-state index >= 15 is 0 Å². The van der Waals surface area contributed by atoms with Crippen molar-refractivity contribution in [1.29, 1.82) is 0 Å². The van der Waals surface area contributed by atoms with Gasteiger partial charge in [0.25, 0.3) is 0 Å². The molecule has 3 nitrogen and oxygen atoms in total. The van der Waals surface area contributed by atoms with Crippen LogP contribution in [0.4, 0.5) is 0 Å². The van der Waals surface area contributed by atoms with Crippen molar-refractivity contribution < 1.29 is 9.32 Å². The number of nitrogens with one attached hydrogen (secondary N) is 1. The molecule has 0 saturated carbocycles. The van der Waals surface area contributed by atoms with Gasteiger partial charge in [0.1, 0.15) is 5.75 Å². The van der Waals surface area contributed by atoms with E-state index in [4.69, 9.17) is 0 Å². The number of phenols is 1. The van der Waals surface area contributed by atoms with Crippen molar-refractivity contribution in [3.05, 3.63) is 29.8 Å². The Bertz CT molecular complexity index is 611. The maximum absolute atomic E-state index is 12.4. The van der Waals surface area contributed by atoms with Crippen molar-refractivity contribution >= 4 is 11.0 Å². The first-order valence-corrected chi connectivity index (χ1v) is 10.9. The number of hydrogen-bond donors (Lipinski definition) is 2. The number of hydrogen-bond acceptors (Lipinski definition) is 2. The van der Waals surface area contributed by atoms with Gasteiger partial charge < -0.3 is 5.11 Å². The summed E-state index contributed by atoms with van der Waals surface area (Å²) in [6.45, 7) is 8.16. The second-order valence-electron chi connectivity index (χ2n) is 7.78. The monoisotopic (exact) mass is 377 g/mol. The number of aromatic hydroxyl groups is 1. The minimum Gasteiger partial charge on any atom is -0.507 e. The molecule has 146 valence electrons. The summed E-state index contributed by atoms with van der Waals surface area (Å²) in [4.78, 5) is 0. The van der Waals surface area contributed by atoms with Gasteiger partial charge >= 0.3 is 0 Å². The van der Waals surface area contributed by atoms with Crippen LogP contribution in [0.15, 0.2) is 24.3 Å². The third-order valence-corrected chi connectivity index (χ3v) is 5.87. The number of unbranched alkanes of at least 4 members (excludes halogenated alkanes) is 5. The largest absolute Gasteiger partial charge is 0.507 e. The molecule has 0 aliphatic rings. The van der Waals surface area contributed by atoms with Crippen LogP contribution in [-0.2, 0) is 11.0 Å². The molecular weight excluding hydrogens is 342 g/mol. The van der Waals surface area contributed by atoms with E-state index in [1.807, 2.05) is 32.9 Å². The highest BCUT2D eigenvalue weighted by molar-refractivity contribution is 7.84. The smallest absolute Gasteiger partial charge is 0.131 e. The summed E-state index contributed by atoms with van der Waals surface area (Å²) in [6.07, 6.45) is 9.09.